The van der Waals surface area contributed by atoms with E-state index in [1.165, 1.54) is 7.11 Å². The molecule has 4 aliphatic rings. The zero-order valence-corrected chi connectivity index (χ0v) is 21.4. The number of hydrogen-bond acceptors (Lipinski definition) is 10. The van der Waals surface area contributed by atoms with E-state index in [9.17, 15) is 24.3 Å². The molecular formula is C27H30O11. The summed E-state index contributed by atoms with van der Waals surface area (Å²) < 4.78 is 27.5. The Labute approximate surface area is 218 Å². The summed E-state index contributed by atoms with van der Waals surface area (Å²) in [6.45, 7) is 2.23. The Morgan fingerprint density at radius 2 is 1.97 bits per heavy atom. The molecule has 0 amide bonds. The molecule has 0 saturated heterocycles. The van der Waals surface area contributed by atoms with Gasteiger partial charge in [-0.15, -0.1) is 0 Å². The molecule has 1 saturated carbocycles. The third kappa shape index (κ3) is 3.82. The van der Waals surface area contributed by atoms with Gasteiger partial charge in [0.25, 0.3) is 0 Å². The number of esters is 3. The van der Waals surface area contributed by atoms with Crippen molar-refractivity contribution in [3.8, 4) is 11.5 Å². The molecule has 204 valence electrons. The Morgan fingerprint density at radius 3 is 2.66 bits per heavy atom. The molecule has 1 heterocycles. The standard InChI is InChI=1S/C27H30O11/c1-13(24(30)31)35-20(29)12-19(36-14(2)28)25(32)37-18-8-10-27(33)16-5-4-9-26(27)21-15(11-16)6-7-17(34-3)22(21)38-23(18)26/h6-8,13,16,19,23,33H,4-5,9-12H2,1-3H3,(H,30,31)/t13-,16-,19-,23+,26+,27-/m0/s1. The van der Waals surface area contributed by atoms with Gasteiger partial charge in [0.15, 0.2) is 23.7 Å². The first kappa shape index (κ1) is 26.0. The molecule has 1 aromatic rings. The summed E-state index contributed by atoms with van der Waals surface area (Å²) in [6.07, 6.45) is 0.196. The van der Waals surface area contributed by atoms with Gasteiger partial charge in [0, 0.05) is 12.5 Å². The van der Waals surface area contributed by atoms with Crippen LogP contribution >= 0.6 is 0 Å². The van der Waals surface area contributed by atoms with E-state index in [1.807, 2.05) is 12.1 Å². The van der Waals surface area contributed by atoms with E-state index in [1.54, 1.807) is 6.08 Å². The number of benzene rings is 1. The Kier molecular flexibility index (Phi) is 6.37. The fourth-order valence-electron chi connectivity index (χ4n) is 6.68. The van der Waals surface area contributed by atoms with Crippen molar-refractivity contribution in [1.29, 1.82) is 0 Å². The number of hydrogen-bond donors (Lipinski definition) is 2. The summed E-state index contributed by atoms with van der Waals surface area (Å²) in [5, 5.41) is 21.1. The highest BCUT2D eigenvalue weighted by Crippen LogP contribution is 2.67. The van der Waals surface area contributed by atoms with Gasteiger partial charge < -0.3 is 33.9 Å². The van der Waals surface area contributed by atoms with Gasteiger partial charge in [-0.3, -0.25) is 9.59 Å². The molecule has 1 aromatic carbocycles. The number of aliphatic hydroxyl groups is 1. The average Bonchev–Trinajstić information content (AvgIpc) is 3.19. The van der Waals surface area contributed by atoms with Crippen LogP contribution in [-0.2, 0) is 45.2 Å². The van der Waals surface area contributed by atoms with E-state index in [2.05, 4.69) is 0 Å². The van der Waals surface area contributed by atoms with Crippen LogP contribution in [0, 0.1) is 5.92 Å². The molecule has 0 unspecified atom stereocenters. The van der Waals surface area contributed by atoms with Crippen LogP contribution in [0.2, 0.25) is 0 Å². The SMILES string of the molecule is COc1ccc2c3c1O[C@@H]1C(OC(=O)[C@H](CC(=O)O[C@@H](C)C(=O)O)OC(C)=O)=CC[C@]4(O)[C@@H](CCC[C@@]314)C2. The van der Waals surface area contributed by atoms with Gasteiger partial charge in [-0.25, -0.2) is 9.59 Å². The molecule has 6 atom stereocenters. The van der Waals surface area contributed by atoms with Gasteiger partial charge >= 0.3 is 23.9 Å². The third-order valence-electron chi connectivity index (χ3n) is 8.27. The molecular weight excluding hydrogens is 500 g/mol. The summed E-state index contributed by atoms with van der Waals surface area (Å²) in [6, 6.07) is 3.83. The van der Waals surface area contributed by atoms with Crippen LogP contribution < -0.4 is 9.47 Å². The fourth-order valence-corrected chi connectivity index (χ4v) is 6.68. The summed E-state index contributed by atoms with van der Waals surface area (Å²) in [7, 11) is 1.53. The third-order valence-corrected chi connectivity index (χ3v) is 8.27. The molecule has 11 heteroatoms. The summed E-state index contributed by atoms with van der Waals surface area (Å²) >= 11 is 0. The molecule has 3 aliphatic carbocycles. The topological polar surface area (TPSA) is 155 Å². The van der Waals surface area contributed by atoms with E-state index >= 15 is 0 Å². The number of methoxy groups -OCH3 is 1. The Morgan fingerprint density at radius 1 is 1.21 bits per heavy atom. The molecule has 1 fully saturated rings. The maximum Gasteiger partial charge on any atom is 0.353 e. The molecule has 2 N–H and O–H groups in total. The maximum atomic E-state index is 13.2. The van der Waals surface area contributed by atoms with E-state index in [-0.39, 0.29) is 18.1 Å². The van der Waals surface area contributed by atoms with Crippen LogP contribution in [0.15, 0.2) is 24.0 Å². The minimum atomic E-state index is -1.67. The maximum absolute atomic E-state index is 13.2. The van der Waals surface area contributed by atoms with Crippen molar-refractivity contribution in [1.82, 2.24) is 0 Å². The smallest absolute Gasteiger partial charge is 0.353 e. The summed E-state index contributed by atoms with van der Waals surface area (Å²) in [5.74, 6) is -3.11. The zero-order valence-electron chi connectivity index (χ0n) is 21.4. The van der Waals surface area contributed by atoms with Gasteiger partial charge in [0.2, 0.25) is 6.10 Å². The van der Waals surface area contributed by atoms with Crippen LogP contribution in [0.4, 0.5) is 0 Å². The van der Waals surface area contributed by atoms with Crippen molar-refractivity contribution in [2.45, 2.75) is 81.7 Å². The molecule has 38 heavy (non-hydrogen) atoms. The number of carboxylic acid groups (broad SMARTS) is 1. The predicted molar refractivity (Wildman–Crippen MR) is 127 cm³/mol. The first-order chi connectivity index (χ1) is 18.0. The van der Waals surface area contributed by atoms with Crippen LogP contribution in [-0.4, -0.2) is 65.1 Å². The highest BCUT2D eigenvalue weighted by atomic mass is 16.6. The molecule has 5 rings (SSSR count). The number of carbonyl (C=O) groups excluding carboxylic acids is 3. The second kappa shape index (κ2) is 9.30. The van der Waals surface area contributed by atoms with E-state index in [0.29, 0.717) is 24.3 Å². The predicted octanol–water partition coefficient (Wildman–Crippen LogP) is 1.95. The minimum Gasteiger partial charge on any atom is -0.493 e. The number of carboxylic acids is 1. The summed E-state index contributed by atoms with van der Waals surface area (Å²) in [5.41, 5.74) is -0.0180. The molecule has 1 spiro atoms. The minimum absolute atomic E-state index is 0.00230. The molecule has 2 bridgehead atoms. The lowest BCUT2D eigenvalue weighted by atomic mass is 9.47. The molecule has 0 aromatic heterocycles. The van der Waals surface area contributed by atoms with Crippen molar-refractivity contribution >= 4 is 23.9 Å². The van der Waals surface area contributed by atoms with Crippen molar-refractivity contribution in [2.75, 3.05) is 7.11 Å². The van der Waals surface area contributed by atoms with Crippen LogP contribution in [0.5, 0.6) is 11.5 Å². The van der Waals surface area contributed by atoms with E-state index < -0.39 is 59.6 Å². The Hall–Kier alpha value is -3.60. The largest absolute Gasteiger partial charge is 0.493 e. The second-order valence-corrected chi connectivity index (χ2v) is 10.3. The first-order valence-electron chi connectivity index (χ1n) is 12.6. The first-order valence-corrected chi connectivity index (χ1v) is 12.6. The lowest BCUT2D eigenvalue weighted by molar-refractivity contribution is -0.176. The van der Waals surface area contributed by atoms with E-state index in [0.717, 1.165) is 37.8 Å². The average molecular weight is 531 g/mol. The Balaban J connectivity index is 1.45. The number of rotatable bonds is 8. The lowest BCUT2D eigenvalue weighted by Gasteiger charge is -2.59. The zero-order chi connectivity index (χ0) is 27.4. The second-order valence-electron chi connectivity index (χ2n) is 10.3. The number of carbonyl (C=O) groups is 4. The normalized spacial score (nSPS) is 29.5. The fraction of sp³-hybridized carbons (Fsp3) is 0.556. The Bertz CT molecular complexity index is 1240. The van der Waals surface area contributed by atoms with E-state index in [4.69, 9.17) is 28.8 Å². The summed E-state index contributed by atoms with van der Waals surface area (Å²) in [4.78, 5) is 48.1. The van der Waals surface area contributed by atoms with Crippen LogP contribution in [0.25, 0.3) is 0 Å². The highest BCUT2D eigenvalue weighted by Gasteiger charge is 2.71. The van der Waals surface area contributed by atoms with Gasteiger partial charge in [-0.05, 0) is 56.2 Å². The van der Waals surface area contributed by atoms with Crippen LogP contribution in [0.3, 0.4) is 0 Å². The van der Waals surface area contributed by atoms with Gasteiger partial charge in [0.1, 0.15) is 5.76 Å². The molecule has 0 radical (unpaired) electrons. The van der Waals surface area contributed by atoms with Crippen molar-refractivity contribution in [2.24, 2.45) is 5.92 Å². The molecule has 11 nitrogen and oxygen atoms in total. The lowest BCUT2D eigenvalue weighted by Crippen LogP contribution is -2.67. The highest BCUT2D eigenvalue weighted by molar-refractivity contribution is 5.86. The van der Waals surface area contributed by atoms with Crippen molar-refractivity contribution < 1.29 is 53.1 Å². The van der Waals surface area contributed by atoms with Crippen molar-refractivity contribution in [3.05, 3.63) is 35.1 Å². The quantitative estimate of drug-likeness (QED) is 0.374. The number of ether oxygens (including phenoxy) is 5. The van der Waals surface area contributed by atoms with Crippen LogP contribution in [0.1, 0.15) is 57.1 Å². The van der Waals surface area contributed by atoms with Crippen molar-refractivity contribution in [3.63, 3.8) is 0 Å². The number of aliphatic carboxylic acids is 1. The van der Waals surface area contributed by atoms with Gasteiger partial charge in [-0.2, -0.15) is 0 Å². The monoisotopic (exact) mass is 530 g/mol. The van der Waals surface area contributed by atoms with Gasteiger partial charge in [0.05, 0.1) is 24.5 Å². The molecule has 1 aliphatic heterocycles. The van der Waals surface area contributed by atoms with Gasteiger partial charge in [-0.1, -0.05) is 12.5 Å².